The fourth-order valence-corrected chi connectivity index (χ4v) is 2.69. The number of aromatic nitrogens is 5. The number of rotatable bonds is 3. The number of imidazole rings is 1. The molecule has 0 aromatic carbocycles. The maximum Gasteiger partial charge on any atom is 0.243 e. The Bertz CT molecular complexity index is 791. The van der Waals surface area contributed by atoms with Crippen LogP contribution in [0.4, 0.5) is 11.6 Å². The van der Waals surface area contributed by atoms with Gasteiger partial charge < -0.3 is 15.0 Å². The second kappa shape index (κ2) is 4.71. The van der Waals surface area contributed by atoms with E-state index < -0.39 is 0 Å². The van der Waals surface area contributed by atoms with E-state index >= 15 is 0 Å². The number of nitrogens with zero attached hydrogens (tertiary/aromatic N) is 5. The van der Waals surface area contributed by atoms with E-state index in [4.69, 9.17) is 11.6 Å². The van der Waals surface area contributed by atoms with E-state index in [2.05, 4.69) is 20.4 Å². The smallest absolute Gasteiger partial charge is 0.243 e. The SMILES string of the molecule is O[C@H]1C[C@H](n2cnc(Nc3nc(Cl)nn4cccc34)c2)C1. The van der Waals surface area contributed by atoms with Crippen LogP contribution in [0.25, 0.3) is 5.52 Å². The van der Waals surface area contributed by atoms with E-state index in [1.54, 1.807) is 10.8 Å². The average Bonchev–Trinajstić information content (AvgIpc) is 3.03. The molecule has 0 saturated heterocycles. The van der Waals surface area contributed by atoms with Crippen molar-refractivity contribution in [3.05, 3.63) is 36.1 Å². The first kappa shape index (κ1) is 12.6. The van der Waals surface area contributed by atoms with Crippen molar-refractivity contribution in [1.29, 1.82) is 0 Å². The van der Waals surface area contributed by atoms with Crippen molar-refractivity contribution in [3.8, 4) is 0 Å². The van der Waals surface area contributed by atoms with Crippen LogP contribution < -0.4 is 5.32 Å². The minimum absolute atomic E-state index is 0.169. The minimum Gasteiger partial charge on any atom is -0.393 e. The van der Waals surface area contributed by atoms with Crippen molar-refractivity contribution in [3.63, 3.8) is 0 Å². The molecule has 8 heteroatoms. The molecule has 4 rings (SSSR count). The van der Waals surface area contributed by atoms with Crippen LogP contribution in [0.1, 0.15) is 18.9 Å². The fraction of sp³-hybridized carbons (Fsp3) is 0.308. The molecule has 3 aromatic heterocycles. The molecule has 3 heterocycles. The van der Waals surface area contributed by atoms with Gasteiger partial charge in [0.05, 0.1) is 12.4 Å². The van der Waals surface area contributed by atoms with Gasteiger partial charge in [0.1, 0.15) is 11.3 Å². The normalized spacial score (nSPS) is 21.4. The van der Waals surface area contributed by atoms with Gasteiger partial charge in [-0.25, -0.2) is 9.50 Å². The summed E-state index contributed by atoms with van der Waals surface area (Å²) in [6, 6.07) is 4.10. The summed E-state index contributed by atoms with van der Waals surface area (Å²) >= 11 is 5.91. The molecule has 2 N–H and O–H groups in total. The van der Waals surface area contributed by atoms with Crippen molar-refractivity contribution in [1.82, 2.24) is 24.1 Å². The molecule has 0 atom stereocenters. The Morgan fingerprint density at radius 3 is 3.05 bits per heavy atom. The third-order valence-corrected chi connectivity index (χ3v) is 3.88. The van der Waals surface area contributed by atoms with Gasteiger partial charge in [-0.15, -0.1) is 5.10 Å². The third kappa shape index (κ3) is 2.24. The first-order valence-electron chi connectivity index (χ1n) is 6.68. The fourth-order valence-electron chi connectivity index (χ4n) is 2.52. The summed E-state index contributed by atoms with van der Waals surface area (Å²) in [6.07, 6.45) is 6.84. The van der Waals surface area contributed by atoms with E-state index in [1.807, 2.05) is 29.1 Å². The molecule has 7 nitrogen and oxygen atoms in total. The highest BCUT2D eigenvalue weighted by Crippen LogP contribution is 2.32. The molecule has 21 heavy (non-hydrogen) atoms. The van der Waals surface area contributed by atoms with Crippen LogP contribution in [0.5, 0.6) is 0 Å². The van der Waals surface area contributed by atoms with Crippen molar-refractivity contribution >= 4 is 28.8 Å². The number of nitrogens with one attached hydrogen (secondary N) is 1. The Hall–Kier alpha value is -2.12. The van der Waals surface area contributed by atoms with Gasteiger partial charge in [-0.1, -0.05) is 0 Å². The summed E-state index contributed by atoms with van der Waals surface area (Å²) in [5.74, 6) is 1.30. The van der Waals surface area contributed by atoms with E-state index in [9.17, 15) is 5.11 Å². The van der Waals surface area contributed by atoms with Gasteiger partial charge in [0.2, 0.25) is 5.28 Å². The molecule has 0 unspecified atom stereocenters. The van der Waals surface area contributed by atoms with Crippen LogP contribution in [0, 0.1) is 0 Å². The largest absolute Gasteiger partial charge is 0.393 e. The summed E-state index contributed by atoms with van der Waals surface area (Å²) in [5, 5.41) is 16.8. The van der Waals surface area contributed by atoms with Crippen LogP contribution >= 0.6 is 11.6 Å². The maximum atomic E-state index is 9.36. The Balaban J connectivity index is 1.61. The lowest BCUT2D eigenvalue weighted by molar-refractivity contribution is 0.0485. The van der Waals surface area contributed by atoms with Gasteiger partial charge >= 0.3 is 0 Å². The second-order valence-electron chi connectivity index (χ2n) is 5.18. The highest BCUT2D eigenvalue weighted by molar-refractivity contribution is 6.28. The topological polar surface area (TPSA) is 80.3 Å². The summed E-state index contributed by atoms with van der Waals surface area (Å²) < 4.78 is 3.67. The molecule has 0 amide bonds. The summed E-state index contributed by atoms with van der Waals surface area (Å²) in [6.45, 7) is 0. The van der Waals surface area contributed by atoms with Gasteiger partial charge in [0, 0.05) is 18.4 Å². The Morgan fingerprint density at radius 1 is 1.38 bits per heavy atom. The number of aliphatic hydroxyl groups excluding tert-OH is 1. The lowest BCUT2D eigenvalue weighted by atomic mass is 9.89. The van der Waals surface area contributed by atoms with Crippen LogP contribution in [-0.4, -0.2) is 35.4 Å². The molecule has 0 spiro atoms. The van der Waals surface area contributed by atoms with Crippen LogP contribution in [0.2, 0.25) is 5.28 Å². The quantitative estimate of drug-likeness (QED) is 0.774. The molecular weight excluding hydrogens is 292 g/mol. The predicted octanol–water partition coefficient (Wildman–Crippen LogP) is 2.02. The van der Waals surface area contributed by atoms with Crippen molar-refractivity contribution < 1.29 is 5.11 Å². The molecule has 3 aromatic rings. The third-order valence-electron chi connectivity index (χ3n) is 3.72. The number of hydrogen-bond donors (Lipinski definition) is 2. The first-order chi connectivity index (χ1) is 10.2. The summed E-state index contributed by atoms with van der Waals surface area (Å²) in [4.78, 5) is 8.52. The van der Waals surface area contributed by atoms with Gasteiger partial charge in [-0.05, 0) is 36.6 Å². The summed E-state index contributed by atoms with van der Waals surface area (Å²) in [5.41, 5.74) is 0.827. The lowest BCUT2D eigenvalue weighted by Gasteiger charge is -2.32. The van der Waals surface area contributed by atoms with Crippen molar-refractivity contribution in [2.24, 2.45) is 0 Å². The van der Waals surface area contributed by atoms with Gasteiger partial charge in [0.25, 0.3) is 0 Å². The zero-order valence-corrected chi connectivity index (χ0v) is 11.8. The lowest BCUT2D eigenvalue weighted by Crippen LogP contribution is -2.30. The van der Waals surface area contributed by atoms with Crippen LogP contribution in [0.3, 0.4) is 0 Å². The van der Waals surface area contributed by atoms with E-state index in [1.165, 1.54) is 0 Å². The number of aliphatic hydroxyl groups is 1. The number of halogens is 1. The van der Waals surface area contributed by atoms with Crippen LogP contribution in [-0.2, 0) is 0 Å². The Labute approximate surface area is 125 Å². The standard InChI is InChI=1S/C13H13ClN6O/c14-13-17-12(10-2-1-3-20(10)18-13)16-11-6-19(7-15-11)8-4-9(21)5-8/h1-3,6-9,21H,4-5H2,(H,16,17,18)/t8-,9-. The Morgan fingerprint density at radius 2 is 2.24 bits per heavy atom. The maximum absolute atomic E-state index is 9.36. The van der Waals surface area contributed by atoms with Gasteiger partial charge in [0.15, 0.2) is 5.82 Å². The molecule has 1 saturated carbocycles. The first-order valence-corrected chi connectivity index (χ1v) is 7.06. The zero-order valence-electron chi connectivity index (χ0n) is 11.0. The second-order valence-corrected chi connectivity index (χ2v) is 5.52. The molecule has 108 valence electrons. The average molecular weight is 305 g/mol. The van der Waals surface area contributed by atoms with E-state index in [0.29, 0.717) is 17.7 Å². The van der Waals surface area contributed by atoms with E-state index in [0.717, 1.165) is 18.4 Å². The molecule has 0 bridgehead atoms. The number of anilines is 2. The van der Waals surface area contributed by atoms with Gasteiger partial charge in [-0.3, -0.25) is 0 Å². The van der Waals surface area contributed by atoms with Crippen molar-refractivity contribution in [2.75, 3.05) is 5.32 Å². The summed E-state index contributed by atoms with van der Waals surface area (Å²) in [7, 11) is 0. The molecule has 0 aliphatic heterocycles. The van der Waals surface area contributed by atoms with E-state index in [-0.39, 0.29) is 11.4 Å². The molecule has 1 aliphatic rings. The number of hydrogen-bond acceptors (Lipinski definition) is 5. The van der Waals surface area contributed by atoms with Crippen molar-refractivity contribution in [2.45, 2.75) is 25.0 Å². The van der Waals surface area contributed by atoms with Gasteiger partial charge in [-0.2, -0.15) is 4.98 Å². The molecular formula is C13H13ClN6O. The number of fused-ring (bicyclic) bond motifs is 1. The minimum atomic E-state index is -0.185. The molecule has 0 radical (unpaired) electrons. The highest BCUT2D eigenvalue weighted by atomic mass is 35.5. The Kier molecular flexibility index (Phi) is 2.83. The predicted molar refractivity (Wildman–Crippen MR) is 77.8 cm³/mol. The van der Waals surface area contributed by atoms with Crippen LogP contribution in [0.15, 0.2) is 30.9 Å². The molecule has 1 fully saturated rings. The highest BCUT2D eigenvalue weighted by Gasteiger charge is 2.28. The molecule has 1 aliphatic carbocycles. The zero-order chi connectivity index (χ0) is 14.4. The monoisotopic (exact) mass is 304 g/mol.